The van der Waals surface area contributed by atoms with Crippen molar-refractivity contribution in [1.29, 1.82) is 0 Å². The Morgan fingerprint density at radius 1 is 0.966 bits per heavy atom. The van der Waals surface area contributed by atoms with Crippen LogP contribution in [0.1, 0.15) is 70.3 Å². The Balaban J connectivity index is 1.53. The fraction of sp³-hybridized carbons (Fsp3) is 0.583. The number of allylic oxidation sites excluding steroid dienone is 3. The average Bonchev–Trinajstić information content (AvgIpc) is 3.46. The summed E-state index contributed by atoms with van der Waals surface area (Å²) in [5.41, 5.74) is 0.688. The number of rotatable bonds is 15. The van der Waals surface area contributed by atoms with Crippen LogP contribution in [0.3, 0.4) is 0 Å². The Kier molecular flexibility index (Phi) is 10.7. The van der Waals surface area contributed by atoms with Gasteiger partial charge in [-0.2, -0.15) is 8.42 Å². The van der Waals surface area contributed by atoms with E-state index in [0.717, 1.165) is 12.8 Å². The fourth-order valence-corrected chi connectivity index (χ4v) is 4.40. The third kappa shape index (κ3) is 9.28. The van der Waals surface area contributed by atoms with Gasteiger partial charge in [0.05, 0.1) is 17.6 Å². The molecular formula is C24H36O4S. The van der Waals surface area contributed by atoms with Crippen molar-refractivity contribution in [3.05, 3.63) is 54.1 Å². The molecule has 4 nitrogen and oxygen atoms in total. The van der Waals surface area contributed by atoms with Gasteiger partial charge in [-0.25, -0.2) is 0 Å². The predicted molar refractivity (Wildman–Crippen MR) is 118 cm³/mol. The van der Waals surface area contributed by atoms with Gasteiger partial charge in [0, 0.05) is 0 Å². The molecule has 2 atom stereocenters. The molecule has 29 heavy (non-hydrogen) atoms. The predicted octanol–water partition coefficient (Wildman–Crippen LogP) is 6.11. The highest BCUT2D eigenvalue weighted by Crippen LogP contribution is 2.27. The molecule has 0 aromatic heterocycles. The molecule has 0 unspecified atom stereocenters. The smallest absolute Gasteiger partial charge is 0.297 e. The van der Waals surface area contributed by atoms with Gasteiger partial charge in [-0.1, -0.05) is 81.5 Å². The fourth-order valence-electron chi connectivity index (χ4n) is 3.25. The van der Waals surface area contributed by atoms with Crippen LogP contribution in [0, 0.1) is 6.92 Å². The van der Waals surface area contributed by atoms with E-state index in [1.54, 1.807) is 25.1 Å². The molecule has 1 aliphatic heterocycles. The summed E-state index contributed by atoms with van der Waals surface area (Å²) in [5.74, 6) is 0. The van der Waals surface area contributed by atoms with Crippen LogP contribution in [0.25, 0.3) is 0 Å². The summed E-state index contributed by atoms with van der Waals surface area (Å²) in [6.07, 6.45) is 19.6. The van der Waals surface area contributed by atoms with Crippen molar-refractivity contribution in [3.8, 4) is 0 Å². The zero-order valence-electron chi connectivity index (χ0n) is 17.9. The molecule has 0 amide bonds. The molecule has 0 N–H and O–H groups in total. The number of hydrogen-bond donors (Lipinski definition) is 0. The van der Waals surface area contributed by atoms with Gasteiger partial charge in [-0.05, 0) is 44.2 Å². The summed E-state index contributed by atoms with van der Waals surface area (Å²) in [6.45, 7) is 4.09. The molecule has 0 radical (unpaired) electrons. The second kappa shape index (κ2) is 13.0. The normalized spacial score (nSPS) is 19.4. The molecule has 1 aromatic rings. The van der Waals surface area contributed by atoms with Crippen LogP contribution in [0.2, 0.25) is 0 Å². The molecule has 1 aliphatic rings. The minimum absolute atomic E-state index is 0.0606. The second-order valence-electron chi connectivity index (χ2n) is 7.69. The Morgan fingerprint density at radius 3 is 2.48 bits per heavy atom. The zero-order chi connectivity index (χ0) is 21.0. The molecule has 0 spiro atoms. The van der Waals surface area contributed by atoms with E-state index in [2.05, 4.69) is 31.2 Å². The van der Waals surface area contributed by atoms with Crippen LogP contribution in [-0.4, -0.2) is 27.2 Å². The SMILES string of the molecule is CCCCCCCC/C=C\C/C=C\C[C@H]1O[C@H]1COS(=O)(=O)c1ccccc1C. The second-order valence-corrected chi connectivity index (χ2v) is 9.27. The highest BCUT2D eigenvalue weighted by atomic mass is 32.2. The molecule has 1 saturated heterocycles. The molecule has 0 aliphatic carbocycles. The quantitative estimate of drug-likeness (QED) is 0.149. The lowest BCUT2D eigenvalue weighted by Gasteiger charge is -2.06. The summed E-state index contributed by atoms with van der Waals surface area (Å²) in [6, 6.07) is 6.84. The summed E-state index contributed by atoms with van der Waals surface area (Å²) < 4.78 is 35.2. The number of aryl methyl sites for hydroxylation is 1. The Morgan fingerprint density at radius 2 is 1.69 bits per heavy atom. The van der Waals surface area contributed by atoms with Crippen LogP contribution < -0.4 is 0 Å². The zero-order valence-corrected chi connectivity index (χ0v) is 18.7. The van der Waals surface area contributed by atoms with E-state index < -0.39 is 10.1 Å². The summed E-state index contributed by atoms with van der Waals surface area (Å²) >= 11 is 0. The number of benzene rings is 1. The first-order valence-electron chi connectivity index (χ1n) is 10.9. The molecule has 1 fully saturated rings. The van der Waals surface area contributed by atoms with Crippen molar-refractivity contribution >= 4 is 10.1 Å². The third-order valence-electron chi connectivity index (χ3n) is 5.14. The molecular weight excluding hydrogens is 384 g/mol. The van der Waals surface area contributed by atoms with Crippen molar-refractivity contribution in [2.24, 2.45) is 0 Å². The maximum absolute atomic E-state index is 12.3. The minimum Gasteiger partial charge on any atom is -0.367 e. The summed E-state index contributed by atoms with van der Waals surface area (Å²) in [7, 11) is -3.72. The van der Waals surface area contributed by atoms with Crippen molar-refractivity contribution in [2.75, 3.05) is 6.61 Å². The molecule has 1 aromatic carbocycles. The highest BCUT2D eigenvalue weighted by Gasteiger charge is 2.39. The van der Waals surface area contributed by atoms with Crippen LogP contribution >= 0.6 is 0 Å². The standard InChI is InChI=1S/C24H36O4S/c1-3-4-5-6-7-8-9-10-11-12-13-14-18-22-23(28-22)20-27-29(25,26)24-19-16-15-17-21(24)2/h10-11,13-17,19,22-23H,3-9,12,18,20H2,1-2H3/b11-10-,14-13-/t22-,23+/m1/s1. The molecule has 5 heteroatoms. The Hall–Kier alpha value is -1.43. The molecule has 2 rings (SSSR count). The van der Waals surface area contributed by atoms with Gasteiger partial charge < -0.3 is 4.74 Å². The van der Waals surface area contributed by atoms with Crippen molar-refractivity contribution in [1.82, 2.24) is 0 Å². The largest absolute Gasteiger partial charge is 0.367 e. The number of epoxide rings is 1. The van der Waals surface area contributed by atoms with E-state index in [4.69, 9.17) is 8.92 Å². The topological polar surface area (TPSA) is 55.9 Å². The van der Waals surface area contributed by atoms with Crippen molar-refractivity contribution in [2.45, 2.75) is 88.7 Å². The van der Waals surface area contributed by atoms with Crippen LogP contribution in [0.5, 0.6) is 0 Å². The first-order chi connectivity index (χ1) is 14.0. The van der Waals surface area contributed by atoms with Crippen LogP contribution in [0.15, 0.2) is 53.5 Å². The Bertz CT molecular complexity index is 752. The lowest BCUT2D eigenvalue weighted by Crippen LogP contribution is -2.13. The van der Waals surface area contributed by atoms with E-state index >= 15 is 0 Å². The lowest BCUT2D eigenvalue weighted by atomic mass is 10.1. The van der Waals surface area contributed by atoms with Gasteiger partial charge in [0.25, 0.3) is 10.1 Å². The van der Waals surface area contributed by atoms with Crippen LogP contribution in [-0.2, 0) is 19.0 Å². The monoisotopic (exact) mass is 420 g/mol. The number of ether oxygens (including phenoxy) is 1. The summed E-state index contributed by atoms with van der Waals surface area (Å²) in [4.78, 5) is 0.227. The van der Waals surface area contributed by atoms with E-state index in [0.29, 0.717) is 5.56 Å². The maximum atomic E-state index is 12.3. The van der Waals surface area contributed by atoms with E-state index in [1.807, 2.05) is 6.07 Å². The van der Waals surface area contributed by atoms with Gasteiger partial charge in [-0.15, -0.1) is 0 Å². The number of unbranched alkanes of at least 4 members (excludes halogenated alkanes) is 6. The van der Waals surface area contributed by atoms with E-state index in [1.165, 1.54) is 44.9 Å². The first-order valence-corrected chi connectivity index (χ1v) is 12.4. The Labute approximate surface area is 177 Å². The molecule has 162 valence electrons. The van der Waals surface area contributed by atoms with Crippen LogP contribution in [0.4, 0.5) is 0 Å². The first kappa shape index (κ1) is 23.8. The molecule has 1 heterocycles. The molecule has 0 saturated carbocycles. The third-order valence-corrected chi connectivity index (χ3v) is 6.58. The van der Waals surface area contributed by atoms with Gasteiger partial charge in [0.1, 0.15) is 6.10 Å². The van der Waals surface area contributed by atoms with Gasteiger partial charge in [0.15, 0.2) is 0 Å². The number of hydrogen-bond acceptors (Lipinski definition) is 4. The molecule has 0 bridgehead atoms. The average molecular weight is 421 g/mol. The highest BCUT2D eigenvalue weighted by molar-refractivity contribution is 7.86. The lowest BCUT2D eigenvalue weighted by molar-refractivity contribution is 0.263. The maximum Gasteiger partial charge on any atom is 0.297 e. The van der Waals surface area contributed by atoms with Crippen molar-refractivity contribution < 1.29 is 17.3 Å². The summed E-state index contributed by atoms with van der Waals surface area (Å²) in [5, 5.41) is 0. The van der Waals surface area contributed by atoms with Crippen molar-refractivity contribution in [3.63, 3.8) is 0 Å². The van der Waals surface area contributed by atoms with E-state index in [9.17, 15) is 8.42 Å². The minimum atomic E-state index is -3.72. The van der Waals surface area contributed by atoms with E-state index in [-0.39, 0.29) is 23.7 Å². The van der Waals surface area contributed by atoms with Gasteiger partial charge in [0.2, 0.25) is 0 Å². The van der Waals surface area contributed by atoms with Gasteiger partial charge in [-0.3, -0.25) is 4.18 Å². The van der Waals surface area contributed by atoms with Gasteiger partial charge >= 0.3 is 0 Å².